The number of nitrogen functional groups attached to an aromatic ring is 1. The lowest BCUT2D eigenvalue weighted by Gasteiger charge is -2.21. The minimum atomic E-state index is -0.0996. The van der Waals surface area contributed by atoms with E-state index in [0.717, 1.165) is 13.1 Å². The van der Waals surface area contributed by atoms with Crippen molar-refractivity contribution in [1.29, 1.82) is 0 Å². The van der Waals surface area contributed by atoms with Crippen molar-refractivity contribution < 1.29 is 4.79 Å². The van der Waals surface area contributed by atoms with Crippen LogP contribution in [0.1, 0.15) is 29.4 Å². The van der Waals surface area contributed by atoms with Crippen LogP contribution in [0.25, 0.3) is 0 Å². The number of thioether (sulfide) groups is 1. The van der Waals surface area contributed by atoms with Gasteiger partial charge in [0, 0.05) is 13.1 Å². The van der Waals surface area contributed by atoms with Gasteiger partial charge in [-0.1, -0.05) is 11.3 Å². The summed E-state index contributed by atoms with van der Waals surface area (Å²) in [4.78, 5) is 16.7. The van der Waals surface area contributed by atoms with Crippen molar-refractivity contribution in [3.8, 4) is 0 Å². The molecule has 1 aromatic heterocycles. The van der Waals surface area contributed by atoms with E-state index in [4.69, 9.17) is 5.73 Å². The van der Waals surface area contributed by atoms with Crippen LogP contribution in [-0.4, -0.2) is 35.5 Å². The van der Waals surface area contributed by atoms with E-state index >= 15 is 0 Å². The van der Waals surface area contributed by atoms with Crippen molar-refractivity contribution in [2.45, 2.75) is 19.8 Å². The van der Waals surface area contributed by atoms with Gasteiger partial charge in [-0.05, 0) is 37.2 Å². The van der Waals surface area contributed by atoms with Gasteiger partial charge >= 0.3 is 0 Å². The van der Waals surface area contributed by atoms with Gasteiger partial charge in [0.1, 0.15) is 10.7 Å². The molecule has 0 unspecified atom stereocenters. The zero-order chi connectivity index (χ0) is 13.7. The SMILES string of the molecule is CCNc1nc(N)c(C(=O)NCC2CCSCC2)s1. The molecule has 19 heavy (non-hydrogen) atoms. The summed E-state index contributed by atoms with van der Waals surface area (Å²) in [5.41, 5.74) is 5.78. The molecule has 0 saturated carbocycles. The summed E-state index contributed by atoms with van der Waals surface area (Å²) in [6.07, 6.45) is 2.37. The Morgan fingerprint density at radius 2 is 2.21 bits per heavy atom. The first-order chi connectivity index (χ1) is 9.20. The number of aromatic nitrogens is 1. The summed E-state index contributed by atoms with van der Waals surface area (Å²) in [6.45, 7) is 3.50. The van der Waals surface area contributed by atoms with E-state index in [1.54, 1.807) is 0 Å². The summed E-state index contributed by atoms with van der Waals surface area (Å²) < 4.78 is 0. The van der Waals surface area contributed by atoms with Crippen LogP contribution in [0.4, 0.5) is 10.9 Å². The molecule has 4 N–H and O–H groups in total. The number of carbonyl (C=O) groups excluding carboxylic acids is 1. The first-order valence-electron chi connectivity index (χ1n) is 6.56. The van der Waals surface area contributed by atoms with Crippen molar-refractivity contribution in [1.82, 2.24) is 10.3 Å². The third-order valence-electron chi connectivity index (χ3n) is 3.08. The van der Waals surface area contributed by atoms with Gasteiger partial charge in [-0.3, -0.25) is 4.79 Å². The van der Waals surface area contributed by atoms with Crippen molar-refractivity contribution in [2.24, 2.45) is 5.92 Å². The monoisotopic (exact) mass is 300 g/mol. The molecule has 0 aliphatic carbocycles. The van der Waals surface area contributed by atoms with Crippen LogP contribution < -0.4 is 16.4 Å². The van der Waals surface area contributed by atoms with Crippen LogP contribution in [0, 0.1) is 5.92 Å². The van der Waals surface area contributed by atoms with Crippen LogP contribution in [0.3, 0.4) is 0 Å². The molecule has 7 heteroatoms. The molecule has 0 bridgehead atoms. The number of rotatable bonds is 5. The van der Waals surface area contributed by atoms with Crippen LogP contribution in [0.5, 0.6) is 0 Å². The van der Waals surface area contributed by atoms with Gasteiger partial charge in [-0.25, -0.2) is 4.98 Å². The highest BCUT2D eigenvalue weighted by molar-refractivity contribution is 7.99. The summed E-state index contributed by atoms with van der Waals surface area (Å²) in [5, 5.41) is 6.76. The summed E-state index contributed by atoms with van der Waals surface area (Å²) in [5.74, 6) is 3.23. The molecule has 2 rings (SSSR count). The number of anilines is 2. The van der Waals surface area contributed by atoms with Gasteiger partial charge in [-0.2, -0.15) is 11.8 Å². The summed E-state index contributed by atoms with van der Waals surface area (Å²) >= 11 is 3.31. The lowest BCUT2D eigenvalue weighted by atomic mass is 10.0. The van der Waals surface area contributed by atoms with Crippen molar-refractivity contribution >= 4 is 40.0 Å². The zero-order valence-electron chi connectivity index (χ0n) is 11.1. The fourth-order valence-corrected chi connectivity index (χ4v) is 4.06. The van der Waals surface area contributed by atoms with Gasteiger partial charge in [0.25, 0.3) is 5.91 Å². The number of carbonyl (C=O) groups is 1. The maximum absolute atomic E-state index is 12.1. The predicted octanol–water partition coefficient (Wildman–Crippen LogP) is 2.03. The molecular formula is C12H20N4OS2. The molecule has 5 nitrogen and oxygen atoms in total. The van der Waals surface area contributed by atoms with Gasteiger partial charge < -0.3 is 16.4 Å². The van der Waals surface area contributed by atoms with Gasteiger partial charge in [0.2, 0.25) is 0 Å². The zero-order valence-corrected chi connectivity index (χ0v) is 12.7. The van der Waals surface area contributed by atoms with Crippen LogP contribution in [0.15, 0.2) is 0 Å². The molecule has 1 amide bonds. The molecule has 0 radical (unpaired) electrons. The number of amides is 1. The van der Waals surface area contributed by atoms with Crippen LogP contribution in [-0.2, 0) is 0 Å². The Bertz CT molecular complexity index is 429. The smallest absolute Gasteiger partial charge is 0.265 e. The number of nitrogens with one attached hydrogen (secondary N) is 2. The van der Waals surface area contributed by atoms with Gasteiger partial charge in [0.05, 0.1) is 0 Å². The largest absolute Gasteiger partial charge is 0.382 e. The van der Waals surface area contributed by atoms with Crippen molar-refractivity contribution in [3.05, 3.63) is 4.88 Å². The highest BCUT2D eigenvalue weighted by Gasteiger charge is 2.18. The maximum atomic E-state index is 12.1. The highest BCUT2D eigenvalue weighted by atomic mass is 32.2. The van der Waals surface area contributed by atoms with E-state index in [9.17, 15) is 4.79 Å². The Balaban J connectivity index is 1.88. The minimum Gasteiger partial charge on any atom is -0.382 e. The number of nitrogens with zero attached hydrogens (tertiary/aromatic N) is 1. The Kier molecular flexibility index (Phi) is 5.33. The lowest BCUT2D eigenvalue weighted by molar-refractivity contribution is 0.0951. The Morgan fingerprint density at radius 1 is 1.47 bits per heavy atom. The standard InChI is InChI=1S/C12H20N4OS2/c1-2-14-12-16-10(13)9(19-12)11(17)15-7-8-3-5-18-6-4-8/h8H,2-7,13H2,1H3,(H,14,16)(H,15,17). The first-order valence-corrected chi connectivity index (χ1v) is 8.54. The minimum absolute atomic E-state index is 0.0996. The second-order valence-electron chi connectivity index (χ2n) is 4.53. The van der Waals surface area contributed by atoms with Crippen LogP contribution >= 0.6 is 23.1 Å². The Labute approximate surface area is 121 Å². The molecular weight excluding hydrogens is 280 g/mol. The number of hydrogen-bond donors (Lipinski definition) is 3. The molecule has 2 heterocycles. The third kappa shape index (κ3) is 4.01. The van der Waals surface area contributed by atoms with E-state index < -0.39 is 0 Å². The van der Waals surface area contributed by atoms with E-state index in [1.165, 1.54) is 35.7 Å². The second-order valence-corrected chi connectivity index (χ2v) is 6.75. The fraction of sp³-hybridized carbons (Fsp3) is 0.667. The van der Waals surface area contributed by atoms with Gasteiger partial charge in [0.15, 0.2) is 5.13 Å². The quantitative estimate of drug-likeness (QED) is 0.775. The molecule has 1 saturated heterocycles. The second kappa shape index (κ2) is 7.00. The molecule has 1 aliphatic heterocycles. The average Bonchev–Trinajstić information content (AvgIpc) is 2.79. The molecule has 0 atom stereocenters. The van der Waals surface area contributed by atoms with E-state index in [-0.39, 0.29) is 5.91 Å². The third-order valence-corrected chi connectivity index (χ3v) is 5.16. The Morgan fingerprint density at radius 3 is 2.89 bits per heavy atom. The van der Waals surface area contributed by atoms with Crippen molar-refractivity contribution in [2.75, 3.05) is 35.6 Å². The van der Waals surface area contributed by atoms with Gasteiger partial charge in [-0.15, -0.1) is 0 Å². The highest BCUT2D eigenvalue weighted by Crippen LogP contribution is 2.25. The average molecular weight is 300 g/mol. The maximum Gasteiger partial charge on any atom is 0.265 e. The Hall–Kier alpha value is -0.950. The predicted molar refractivity (Wildman–Crippen MR) is 83.1 cm³/mol. The molecule has 0 aromatic carbocycles. The number of nitrogens with two attached hydrogens (primary N) is 1. The van der Waals surface area contributed by atoms with E-state index in [0.29, 0.717) is 21.7 Å². The topological polar surface area (TPSA) is 80.0 Å². The lowest BCUT2D eigenvalue weighted by Crippen LogP contribution is -2.30. The normalized spacial score (nSPS) is 16.3. The van der Waals surface area contributed by atoms with E-state index in [1.807, 2.05) is 18.7 Å². The van der Waals surface area contributed by atoms with Crippen molar-refractivity contribution in [3.63, 3.8) is 0 Å². The summed E-state index contributed by atoms with van der Waals surface area (Å²) in [6, 6.07) is 0. The summed E-state index contributed by atoms with van der Waals surface area (Å²) in [7, 11) is 0. The fourth-order valence-electron chi connectivity index (χ4n) is 1.99. The molecule has 1 aromatic rings. The molecule has 1 aliphatic rings. The number of hydrogen-bond acceptors (Lipinski definition) is 6. The van der Waals surface area contributed by atoms with E-state index in [2.05, 4.69) is 15.6 Å². The first kappa shape index (κ1) is 14.5. The van der Waals surface area contributed by atoms with Crippen LogP contribution in [0.2, 0.25) is 0 Å². The molecule has 1 fully saturated rings. The molecule has 0 spiro atoms. The molecule has 106 valence electrons. The number of thiazole rings is 1.